The molecule has 1 aliphatic rings. The van der Waals surface area contributed by atoms with Crippen LogP contribution in [0.5, 0.6) is 5.75 Å². The lowest BCUT2D eigenvalue weighted by molar-refractivity contribution is -0.129. The van der Waals surface area contributed by atoms with E-state index in [0.717, 1.165) is 42.7 Å². The highest BCUT2D eigenvalue weighted by Crippen LogP contribution is 2.19. The lowest BCUT2D eigenvalue weighted by Gasteiger charge is -2.26. The number of rotatable bonds is 6. The molecule has 1 aromatic carbocycles. The first-order valence-electron chi connectivity index (χ1n) is 8.62. The number of hydrogen-bond donors (Lipinski definition) is 0. The molecule has 1 aliphatic heterocycles. The van der Waals surface area contributed by atoms with Crippen molar-refractivity contribution in [1.29, 1.82) is 0 Å². The number of likely N-dealkylation sites (tertiary alicyclic amines) is 1. The Morgan fingerprint density at radius 2 is 1.88 bits per heavy atom. The van der Waals surface area contributed by atoms with Crippen molar-refractivity contribution >= 4 is 17.7 Å². The van der Waals surface area contributed by atoms with Gasteiger partial charge in [-0.3, -0.25) is 4.79 Å². The fourth-order valence-corrected chi connectivity index (χ4v) is 3.57. The van der Waals surface area contributed by atoms with Crippen LogP contribution in [-0.4, -0.2) is 44.4 Å². The van der Waals surface area contributed by atoms with Crippen LogP contribution >= 0.6 is 11.8 Å². The van der Waals surface area contributed by atoms with E-state index >= 15 is 0 Å². The van der Waals surface area contributed by atoms with Gasteiger partial charge in [0.15, 0.2) is 11.0 Å². The van der Waals surface area contributed by atoms with Crippen molar-refractivity contribution in [3.05, 3.63) is 35.7 Å². The number of piperidine rings is 1. The van der Waals surface area contributed by atoms with E-state index in [-0.39, 0.29) is 5.91 Å². The number of amides is 1. The summed E-state index contributed by atoms with van der Waals surface area (Å²) >= 11 is 1.44. The molecule has 1 saturated heterocycles. The highest BCUT2D eigenvalue weighted by atomic mass is 32.2. The Bertz CT molecular complexity index is 708. The van der Waals surface area contributed by atoms with Crippen molar-refractivity contribution in [1.82, 2.24) is 19.7 Å². The van der Waals surface area contributed by atoms with Gasteiger partial charge in [0.25, 0.3) is 0 Å². The van der Waals surface area contributed by atoms with Gasteiger partial charge in [0.2, 0.25) is 5.91 Å². The molecule has 25 heavy (non-hydrogen) atoms. The second-order valence-corrected chi connectivity index (χ2v) is 7.23. The van der Waals surface area contributed by atoms with E-state index in [2.05, 4.69) is 10.2 Å². The van der Waals surface area contributed by atoms with E-state index < -0.39 is 0 Å². The van der Waals surface area contributed by atoms with E-state index in [1.807, 2.05) is 47.7 Å². The van der Waals surface area contributed by atoms with E-state index in [4.69, 9.17) is 4.74 Å². The minimum Gasteiger partial charge on any atom is -0.486 e. The van der Waals surface area contributed by atoms with Gasteiger partial charge in [-0.25, -0.2) is 0 Å². The van der Waals surface area contributed by atoms with Crippen molar-refractivity contribution in [2.45, 2.75) is 37.9 Å². The van der Waals surface area contributed by atoms with Crippen LogP contribution in [0.15, 0.2) is 29.4 Å². The summed E-state index contributed by atoms with van der Waals surface area (Å²) in [7, 11) is 1.90. The van der Waals surface area contributed by atoms with Crippen LogP contribution in [-0.2, 0) is 18.4 Å². The topological polar surface area (TPSA) is 60.3 Å². The molecule has 3 rings (SSSR count). The molecule has 0 radical (unpaired) electrons. The van der Waals surface area contributed by atoms with Crippen molar-refractivity contribution in [3.63, 3.8) is 0 Å². The zero-order valence-electron chi connectivity index (χ0n) is 14.8. The molecule has 1 fully saturated rings. The molecule has 7 heteroatoms. The van der Waals surface area contributed by atoms with Gasteiger partial charge in [-0.05, 0) is 38.3 Å². The van der Waals surface area contributed by atoms with Gasteiger partial charge >= 0.3 is 0 Å². The first-order chi connectivity index (χ1) is 12.1. The summed E-state index contributed by atoms with van der Waals surface area (Å²) in [4.78, 5) is 14.2. The Hall–Kier alpha value is -2.02. The van der Waals surface area contributed by atoms with Gasteiger partial charge in [-0.15, -0.1) is 10.2 Å². The van der Waals surface area contributed by atoms with Crippen molar-refractivity contribution in [3.8, 4) is 5.75 Å². The van der Waals surface area contributed by atoms with E-state index in [1.165, 1.54) is 23.7 Å². The van der Waals surface area contributed by atoms with Crippen LogP contribution in [0.2, 0.25) is 0 Å². The lowest BCUT2D eigenvalue weighted by Crippen LogP contribution is -2.36. The number of nitrogens with zero attached hydrogens (tertiary/aromatic N) is 4. The molecule has 2 heterocycles. The third kappa shape index (κ3) is 4.75. The van der Waals surface area contributed by atoms with E-state index in [1.54, 1.807) is 0 Å². The van der Waals surface area contributed by atoms with Crippen molar-refractivity contribution in [2.75, 3.05) is 18.8 Å². The molecule has 0 saturated carbocycles. The summed E-state index contributed by atoms with van der Waals surface area (Å²) < 4.78 is 7.65. The quantitative estimate of drug-likeness (QED) is 0.742. The third-order valence-electron chi connectivity index (χ3n) is 4.35. The molecule has 0 aliphatic carbocycles. The Morgan fingerprint density at radius 1 is 1.16 bits per heavy atom. The third-order valence-corrected chi connectivity index (χ3v) is 5.35. The van der Waals surface area contributed by atoms with Crippen LogP contribution < -0.4 is 4.74 Å². The minimum atomic E-state index is 0.185. The van der Waals surface area contributed by atoms with Crippen LogP contribution in [0, 0.1) is 6.92 Å². The number of carbonyl (C=O) groups excluding carboxylic acids is 1. The molecule has 0 N–H and O–H groups in total. The summed E-state index contributed by atoms with van der Waals surface area (Å²) in [6, 6.07) is 7.91. The predicted octanol–water partition coefficient (Wildman–Crippen LogP) is 2.81. The Morgan fingerprint density at radius 3 is 2.60 bits per heavy atom. The number of aromatic nitrogens is 3. The predicted molar refractivity (Wildman–Crippen MR) is 97.7 cm³/mol. The Balaban J connectivity index is 1.51. The smallest absolute Gasteiger partial charge is 0.233 e. The summed E-state index contributed by atoms with van der Waals surface area (Å²) in [5.74, 6) is 2.15. The number of aryl methyl sites for hydroxylation is 1. The fourth-order valence-electron chi connectivity index (χ4n) is 2.74. The molecule has 1 amide bonds. The average Bonchev–Trinajstić information content (AvgIpc) is 3.00. The van der Waals surface area contributed by atoms with Crippen LogP contribution in [0.1, 0.15) is 30.7 Å². The number of thioether (sulfide) groups is 1. The van der Waals surface area contributed by atoms with Crippen LogP contribution in [0.3, 0.4) is 0 Å². The van der Waals surface area contributed by atoms with Gasteiger partial charge in [-0.1, -0.05) is 29.5 Å². The minimum absolute atomic E-state index is 0.185. The van der Waals surface area contributed by atoms with Gasteiger partial charge in [0, 0.05) is 20.1 Å². The first kappa shape index (κ1) is 17.8. The monoisotopic (exact) mass is 360 g/mol. The highest BCUT2D eigenvalue weighted by molar-refractivity contribution is 7.99. The molecule has 0 atom stereocenters. The fraction of sp³-hybridized carbons (Fsp3) is 0.500. The van der Waals surface area contributed by atoms with Gasteiger partial charge in [-0.2, -0.15) is 0 Å². The van der Waals surface area contributed by atoms with Crippen molar-refractivity contribution in [2.24, 2.45) is 7.05 Å². The molecule has 1 aromatic heterocycles. The zero-order chi connectivity index (χ0) is 17.6. The number of benzene rings is 1. The van der Waals surface area contributed by atoms with Gasteiger partial charge in [0.05, 0.1) is 5.75 Å². The van der Waals surface area contributed by atoms with Gasteiger partial charge < -0.3 is 14.2 Å². The standard InChI is InChI=1S/C18H24N4O2S/c1-14-6-8-15(9-7-14)24-12-16-19-20-18(21(16)2)25-13-17(23)22-10-4-3-5-11-22/h6-9H,3-5,10-13H2,1-2H3. The Labute approximate surface area is 152 Å². The van der Waals surface area contributed by atoms with E-state index in [9.17, 15) is 4.79 Å². The largest absolute Gasteiger partial charge is 0.486 e. The van der Waals surface area contributed by atoms with Gasteiger partial charge in [0.1, 0.15) is 12.4 Å². The second kappa shape index (κ2) is 8.38. The molecule has 134 valence electrons. The number of hydrogen-bond acceptors (Lipinski definition) is 5. The maximum atomic E-state index is 12.3. The average molecular weight is 360 g/mol. The maximum Gasteiger partial charge on any atom is 0.233 e. The summed E-state index contributed by atoms with van der Waals surface area (Å²) in [6.45, 7) is 4.16. The Kier molecular flexibility index (Phi) is 5.96. The zero-order valence-corrected chi connectivity index (χ0v) is 15.6. The molecular formula is C18H24N4O2S. The maximum absolute atomic E-state index is 12.3. The molecule has 2 aromatic rings. The van der Waals surface area contributed by atoms with Crippen LogP contribution in [0.25, 0.3) is 0 Å². The molecule has 0 spiro atoms. The SMILES string of the molecule is Cc1ccc(OCc2nnc(SCC(=O)N3CCCCC3)n2C)cc1. The van der Waals surface area contributed by atoms with Crippen LogP contribution in [0.4, 0.5) is 0 Å². The number of carbonyl (C=O) groups is 1. The number of ether oxygens (including phenoxy) is 1. The second-order valence-electron chi connectivity index (χ2n) is 6.29. The first-order valence-corrected chi connectivity index (χ1v) is 9.60. The summed E-state index contributed by atoms with van der Waals surface area (Å²) in [6.07, 6.45) is 3.45. The molecule has 0 bridgehead atoms. The molecule has 0 unspecified atom stereocenters. The highest BCUT2D eigenvalue weighted by Gasteiger charge is 2.18. The molecule has 6 nitrogen and oxygen atoms in total. The summed E-state index contributed by atoms with van der Waals surface area (Å²) in [5, 5.41) is 9.11. The van der Waals surface area contributed by atoms with E-state index in [0.29, 0.717) is 12.4 Å². The normalized spacial score (nSPS) is 14.6. The molecular weight excluding hydrogens is 336 g/mol. The van der Waals surface area contributed by atoms with Crippen molar-refractivity contribution < 1.29 is 9.53 Å². The summed E-state index contributed by atoms with van der Waals surface area (Å²) in [5.41, 5.74) is 1.20. The lowest BCUT2D eigenvalue weighted by atomic mass is 10.1.